The van der Waals surface area contributed by atoms with Crippen LogP contribution in [0.4, 0.5) is 0 Å². The first kappa shape index (κ1) is 16.0. The minimum absolute atomic E-state index is 0.0505. The average molecular weight is 314 g/mol. The van der Waals surface area contributed by atoms with Gasteiger partial charge in [0.2, 0.25) is 5.91 Å². The third-order valence-electron chi connectivity index (χ3n) is 3.92. The molecule has 6 nitrogen and oxygen atoms in total. The van der Waals surface area contributed by atoms with Gasteiger partial charge < -0.3 is 9.32 Å². The van der Waals surface area contributed by atoms with Crippen molar-refractivity contribution < 1.29 is 17.6 Å². The Kier molecular flexibility index (Phi) is 5.05. The standard InChI is InChI=1S/C14H22N2O4S/c1-3-16(9-13-5-4-7-20-13)10-14(17)15(2)12-6-8-21(18,19)11-12/h4-5,7,12H,3,6,8-11H2,1-2H3/t12-/m0/s1. The topological polar surface area (TPSA) is 70.8 Å². The van der Waals surface area contributed by atoms with E-state index in [1.807, 2.05) is 24.0 Å². The third kappa shape index (κ3) is 4.31. The van der Waals surface area contributed by atoms with Crippen molar-refractivity contribution in [3.05, 3.63) is 24.2 Å². The zero-order chi connectivity index (χ0) is 15.5. The summed E-state index contributed by atoms with van der Waals surface area (Å²) in [6.45, 7) is 3.55. The molecule has 118 valence electrons. The quantitative estimate of drug-likeness (QED) is 0.775. The molecule has 1 atom stereocenters. The fraction of sp³-hybridized carbons (Fsp3) is 0.643. The van der Waals surface area contributed by atoms with Crippen molar-refractivity contribution in [2.24, 2.45) is 0 Å². The highest BCUT2D eigenvalue weighted by Crippen LogP contribution is 2.17. The van der Waals surface area contributed by atoms with Crippen molar-refractivity contribution in [2.75, 3.05) is 31.6 Å². The fourth-order valence-electron chi connectivity index (χ4n) is 2.49. The van der Waals surface area contributed by atoms with Crippen LogP contribution < -0.4 is 0 Å². The van der Waals surface area contributed by atoms with Crippen molar-refractivity contribution in [3.8, 4) is 0 Å². The predicted molar refractivity (Wildman–Crippen MR) is 79.5 cm³/mol. The Morgan fingerprint density at radius 1 is 1.48 bits per heavy atom. The maximum absolute atomic E-state index is 12.3. The Hall–Kier alpha value is -1.34. The maximum Gasteiger partial charge on any atom is 0.236 e. The molecule has 1 aromatic rings. The van der Waals surface area contributed by atoms with Crippen LogP contribution in [0.1, 0.15) is 19.1 Å². The third-order valence-corrected chi connectivity index (χ3v) is 5.67. The van der Waals surface area contributed by atoms with Crippen molar-refractivity contribution in [1.29, 1.82) is 0 Å². The molecule has 2 heterocycles. The van der Waals surface area contributed by atoms with Gasteiger partial charge in [-0.15, -0.1) is 0 Å². The summed E-state index contributed by atoms with van der Waals surface area (Å²) in [6, 6.07) is 3.51. The van der Waals surface area contributed by atoms with E-state index in [2.05, 4.69) is 0 Å². The molecule has 0 aromatic carbocycles. The van der Waals surface area contributed by atoms with Crippen LogP contribution in [0, 0.1) is 0 Å². The van der Waals surface area contributed by atoms with E-state index in [0.29, 0.717) is 13.0 Å². The summed E-state index contributed by atoms with van der Waals surface area (Å²) in [5, 5.41) is 0. The molecule has 0 radical (unpaired) electrons. The molecule has 2 rings (SSSR count). The molecule has 0 N–H and O–H groups in total. The normalized spacial score (nSPS) is 20.8. The molecule has 0 unspecified atom stereocenters. The van der Waals surface area contributed by atoms with E-state index in [-0.39, 0.29) is 30.0 Å². The molecule has 0 spiro atoms. The SMILES string of the molecule is CCN(CC(=O)N(C)[C@H]1CCS(=O)(=O)C1)Cc1ccco1. The van der Waals surface area contributed by atoms with Gasteiger partial charge in [0.1, 0.15) is 5.76 Å². The second kappa shape index (κ2) is 6.62. The monoisotopic (exact) mass is 314 g/mol. The van der Waals surface area contributed by atoms with Crippen molar-refractivity contribution in [2.45, 2.75) is 25.9 Å². The summed E-state index contributed by atoms with van der Waals surface area (Å²) in [5.74, 6) is 1.03. The number of rotatable bonds is 6. The molecule has 1 amide bonds. The number of carbonyl (C=O) groups is 1. The van der Waals surface area contributed by atoms with Crippen LogP contribution in [0.15, 0.2) is 22.8 Å². The largest absolute Gasteiger partial charge is 0.468 e. The second-order valence-corrected chi connectivity index (χ2v) is 7.67. The van der Waals surface area contributed by atoms with Gasteiger partial charge >= 0.3 is 0 Å². The van der Waals surface area contributed by atoms with Gasteiger partial charge in [-0.05, 0) is 25.1 Å². The van der Waals surface area contributed by atoms with E-state index in [1.54, 1.807) is 18.2 Å². The Morgan fingerprint density at radius 3 is 2.76 bits per heavy atom. The number of nitrogens with zero attached hydrogens (tertiary/aromatic N) is 2. The van der Waals surface area contributed by atoms with E-state index in [9.17, 15) is 13.2 Å². The molecule has 0 aliphatic carbocycles. The Balaban J connectivity index is 1.90. The highest BCUT2D eigenvalue weighted by molar-refractivity contribution is 7.91. The molecule has 7 heteroatoms. The summed E-state index contributed by atoms with van der Waals surface area (Å²) in [7, 11) is -1.28. The second-order valence-electron chi connectivity index (χ2n) is 5.44. The molecule has 0 saturated carbocycles. The number of likely N-dealkylation sites (N-methyl/N-ethyl adjacent to an activating group) is 2. The molecule has 1 aliphatic heterocycles. The van der Waals surface area contributed by atoms with E-state index in [4.69, 9.17) is 4.42 Å². The zero-order valence-corrected chi connectivity index (χ0v) is 13.3. The highest BCUT2D eigenvalue weighted by Gasteiger charge is 2.32. The van der Waals surface area contributed by atoms with E-state index in [1.165, 1.54) is 0 Å². The molecule has 1 fully saturated rings. The smallest absolute Gasteiger partial charge is 0.236 e. The zero-order valence-electron chi connectivity index (χ0n) is 12.5. The van der Waals surface area contributed by atoms with Gasteiger partial charge in [-0.3, -0.25) is 9.69 Å². The van der Waals surface area contributed by atoms with Gasteiger partial charge in [-0.1, -0.05) is 6.92 Å². The predicted octanol–water partition coefficient (Wildman–Crippen LogP) is 0.747. The Bertz CT molecular complexity index is 568. The summed E-state index contributed by atoms with van der Waals surface area (Å²) in [4.78, 5) is 15.8. The van der Waals surface area contributed by atoms with Gasteiger partial charge in [0.25, 0.3) is 0 Å². The highest BCUT2D eigenvalue weighted by atomic mass is 32.2. The van der Waals surface area contributed by atoms with Gasteiger partial charge in [-0.25, -0.2) is 8.42 Å². The first-order valence-electron chi connectivity index (χ1n) is 7.12. The van der Waals surface area contributed by atoms with Gasteiger partial charge in [0, 0.05) is 13.1 Å². The van der Waals surface area contributed by atoms with Crippen LogP contribution in [-0.4, -0.2) is 61.8 Å². The molecular weight excluding hydrogens is 292 g/mol. The lowest BCUT2D eigenvalue weighted by atomic mass is 10.2. The Labute approximate surface area is 125 Å². The van der Waals surface area contributed by atoms with E-state index in [0.717, 1.165) is 12.3 Å². The van der Waals surface area contributed by atoms with Crippen LogP contribution >= 0.6 is 0 Å². The number of amides is 1. The van der Waals surface area contributed by atoms with Gasteiger partial charge in [-0.2, -0.15) is 0 Å². The van der Waals surface area contributed by atoms with Crippen LogP contribution in [0.5, 0.6) is 0 Å². The number of hydrogen-bond donors (Lipinski definition) is 0. The molecule has 21 heavy (non-hydrogen) atoms. The molecule has 1 aromatic heterocycles. The van der Waals surface area contributed by atoms with Crippen molar-refractivity contribution >= 4 is 15.7 Å². The molecule has 1 saturated heterocycles. The van der Waals surface area contributed by atoms with Gasteiger partial charge in [0.15, 0.2) is 9.84 Å². The lowest BCUT2D eigenvalue weighted by Crippen LogP contribution is -2.43. The summed E-state index contributed by atoms with van der Waals surface area (Å²) < 4.78 is 28.3. The summed E-state index contributed by atoms with van der Waals surface area (Å²) >= 11 is 0. The van der Waals surface area contributed by atoms with Crippen LogP contribution in [0.2, 0.25) is 0 Å². The first-order valence-corrected chi connectivity index (χ1v) is 8.94. The number of hydrogen-bond acceptors (Lipinski definition) is 5. The average Bonchev–Trinajstić information content (AvgIpc) is 3.06. The van der Waals surface area contributed by atoms with Crippen molar-refractivity contribution in [1.82, 2.24) is 9.80 Å². The van der Waals surface area contributed by atoms with Gasteiger partial charge in [0.05, 0.1) is 30.9 Å². The Morgan fingerprint density at radius 2 is 2.24 bits per heavy atom. The first-order chi connectivity index (χ1) is 9.91. The lowest BCUT2D eigenvalue weighted by Gasteiger charge is -2.27. The maximum atomic E-state index is 12.3. The minimum atomic E-state index is -2.97. The number of carbonyl (C=O) groups excluding carboxylic acids is 1. The van der Waals surface area contributed by atoms with Crippen LogP contribution in [0.3, 0.4) is 0 Å². The van der Waals surface area contributed by atoms with E-state index >= 15 is 0 Å². The fourth-order valence-corrected chi connectivity index (χ4v) is 4.26. The van der Waals surface area contributed by atoms with Crippen LogP contribution in [-0.2, 0) is 21.2 Å². The number of sulfone groups is 1. The van der Waals surface area contributed by atoms with Crippen LogP contribution in [0.25, 0.3) is 0 Å². The minimum Gasteiger partial charge on any atom is -0.468 e. The van der Waals surface area contributed by atoms with E-state index < -0.39 is 9.84 Å². The molecule has 0 bridgehead atoms. The number of furan rings is 1. The summed E-state index contributed by atoms with van der Waals surface area (Å²) in [5.41, 5.74) is 0. The van der Waals surface area contributed by atoms with Crippen molar-refractivity contribution in [3.63, 3.8) is 0 Å². The molecule has 1 aliphatic rings. The lowest BCUT2D eigenvalue weighted by molar-refractivity contribution is -0.132. The summed E-state index contributed by atoms with van der Waals surface area (Å²) in [6.07, 6.45) is 2.15. The molecular formula is C14H22N2O4S.